The minimum atomic E-state index is -0.502. The summed E-state index contributed by atoms with van der Waals surface area (Å²) in [6.45, 7) is 6.35. The molecule has 8 heteroatoms. The van der Waals surface area contributed by atoms with Gasteiger partial charge in [0.05, 0.1) is 12.3 Å². The lowest BCUT2D eigenvalue weighted by Crippen LogP contribution is -2.47. The summed E-state index contributed by atoms with van der Waals surface area (Å²) in [6.07, 6.45) is 0.699. The van der Waals surface area contributed by atoms with Gasteiger partial charge in [0, 0.05) is 25.4 Å². The maximum Gasteiger partial charge on any atom is 0.407 e. The summed E-state index contributed by atoms with van der Waals surface area (Å²) in [7, 11) is 0. The van der Waals surface area contributed by atoms with E-state index in [1.54, 1.807) is 19.1 Å². The summed E-state index contributed by atoms with van der Waals surface area (Å²) in [5, 5.41) is 11.1. The molecule has 1 aliphatic heterocycles. The summed E-state index contributed by atoms with van der Waals surface area (Å²) < 4.78 is 4.92. The average molecular weight is 388 g/mol. The second kappa shape index (κ2) is 10.4. The SMILES string of the molecule is CCOC(=O)NC(CNC(=O)C1=NN(c2ccccc2)C(=O)CC1)CC(C)C. The van der Waals surface area contributed by atoms with Gasteiger partial charge in [0.1, 0.15) is 5.71 Å². The molecule has 3 amide bonds. The zero-order valence-electron chi connectivity index (χ0n) is 16.6. The van der Waals surface area contributed by atoms with E-state index in [1.165, 1.54) is 5.01 Å². The highest BCUT2D eigenvalue weighted by Crippen LogP contribution is 2.19. The Balaban J connectivity index is 2.01. The standard InChI is InChI=1S/C20H28N4O4/c1-4-28-20(27)22-15(12-14(2)3)13-21-19(26)17-10-11-18(25)24(23-17)16-8-6-5-7-9-16/h5-9,14-15H,4,10-13H2,1-3H3,(H,21,26)(H,22,27). The predicted octanol–water partition coefficient (Wildman–Crippen LogP) is 2.45. The third kappa shape index (κ3) is 6.37. The summed E-state index contributed by atoms with van der Waals surface area (Å²) in [5.74, 6) is -0.153. The maximum atomic E-state index is 12.6. The number of ether oxygens (including phenoxy) is 1. The van der Waals surface area contributed by atoms with E-state index in [9.17, 15) is 14.4 Å². The zero-order chi connectivity index (χ0) is 20.5. The molecule has 0 saturated carbocycles. The van der Waals surface area contributed by atoms with Gasteiger partial charge in [-0.15, -0.1) is 0 Å². The van der Waals surface area contributed by atoms with E-state index in [1.807, 2.05) is 32.0 Å². The van der Waals surface area contributed by atoms with Crippen molar-refractivity contribution in [1.82, 2.24) is 10.6 Å². The second-order valence-corrected chi connectivity index (χ2v) is 6.99. The molecule has 1 aromatic carbocycles. The molecule has 0 fully saturated rings. The molecule has 1 atom stereocenters. The van der Waals surface area contributed by atoms with Gasteiger partial charge in [-0.3, -0.25) is 9.59 Å². The molecule has 2 rings (SSSR count). The van der Waals surface area contributed by atoms with Gasteiger partial charge in [0.15, 0.2) is 0 Å². The third-order valence-corrected chi connectivity index (χ3v) is 4.16. The first-order valence-electron chi connectivity index (χ1n) is 9.57. The molecular formula is C20H28N4O4. The van der Waals surface area contributed by atoms with Crippen LogP contribution in [0, 0.1) is 5.92 Å². The number of carbonyl (C=O) groups excluding carboxylic acids is 3. The van der Waals surface area contributed by atoms with Crippen LogP contribution >= 0.6 is 0 Å². The van der Waals surface area contributed by atoms with Crippen molar-refractivity contribution in [2.24, 2.45) is 11.0 Å². The third-order valence-electron chi connectivity index (χ3n) is 4.16. The molecule has 1 unspecified atom stereocenters. The fraction of sp³-hybridized carbons (Fsp3) is 0.500. The van der Waals surface area contributed by atoms with Gasteiger partial charge < -0.3 is 15.4 Å². The molecule has 1 aliphatic rings. The summed E-state index contributed by atoms with van der Waals surface area (Å²) in [4.78, 5) is 36.4. The van der Waals surface area contributed by atoms with Crippen molar-refractivity contribution in [3.8, 4) is 0 Å². The van der Waals surface area contributed by atoms with Gasteiger partial charge in [-0.2, -0.15) is 5.10 Å². The van der Waals surface area contributed by atoms with Crippen LogP contribution in [0.5, 0.6) is 0 Å². The van der Waals surface area contributed by atoms with Crippen LogP contribution in [0.4, 0.5) is 10.5 Å². The molecule has 152 valence electrons. The highest BCUT2D eigenvalue weighted by atomic mass is 16.5. The van der Waals surface area contributed by atoms with Crippen molar-refractivity contribution >= 4 is 29.3 Å². The lowest BCUT2D eigenvalue weighted by molar-refractivity contribution is -0.119. The van der Waals surface area contributed by atoms with Gasteiger partial charge in [-0.25, -0.2) is 9.80 Å². The van der Waals surface area contributed by atoms with Gasteiger partial charge in [0.25, 0.3) is 5.91 Å². The number of carbonyl (C=O) groups is 3. The number of hydrazone groups is 1. The summed E-state index contributed by atoms with van der Waals surface area (Å²) in [6, 6.07) is 8.75. The molecule has 0 aromatic heterocycles. The molecule has 0 spiro atoms. The van der Waals surface area contributed by atoms with Crippen molar-refractivity contribution in [2.45, 2.75) is 46.1 Å². The van der Waals surface area contributed by atoms with Gasteiger partial charge in [-0.1, -0.05) is 32.0 Å². The number of anilines is 1. The molecule has 0 aliphatic carbocycles. The predicted molar refractivity (Wildman–Crippen MR) is 107 cm³/mol. The van der Waals surface area contributed by atoms with Crippen LogP contribution < -0.4 is 15.6 Å². The fourth-order valence-electron chi connectivity index (χ4n) is 2.91. The number of para-hydroxylation sites is 1. The number of hydrogen-bond acceptors (Lipinski definition) is 5. The number of nitrogens with one attached hydrogen (secondary N) is 2. The molecule has 2 N–H and O–H groups in total. The fourth-order valence-corrected chi connectivity index (χ4v) is 2.91. The average Bonchev–Trinajstić information content (AvgIpc) is 2.66. The Morgan fingerprint density at radius 3 is 2.57 bits per heavy atom. The lowest BCUT2D eigenvalue weighted by atomic mass is 10.0. The van der Waals surface area contributed by atoms with Crippen LogP contribution in [0.15, 0.2) is 35.4 Å². The Labute approximate surface area is 165 Å². The first-order valence-corrected chi connectivity index (χ1v) is 9.57. The van der Waals surface area contributed by atoms with Crippen molar-refractivity contribution in [2.75, 3.05) is 18.2 Å². The molecule has 8 nitrogen and oxygen atoms in total. The van der Waals surface area contributed by atoms with Crippen molar-refractivity contribution in [1.29, 1.82) is 0 Å². The number of benzene rings is 1. The van der Waals surface area contributed by atoms with Crippen molar-refractivity contribution in [3.05, 3.63) is 30.3 Å². The molecular weight excluding hydrogens is 360 g/mol. The minimum absolute atomic E-state index is 0.149. The smallest absolute Gasteiger partial charge is 0.407 e. The van der Waals surface area contributed by atoms with Gasteiger partial charge >= 0.3 is 6.09 Å². The van der Waals surface area contributed by atoms with Crippen molar-refractivity contribution in [3.63, 3.8) is 0 Å². The highest BCUT2D eigenvalue weighted by Gasteiger charge is 2.26. The maximum absolute atomic E-state index is 12.6. The monoisotopic (exact) mass is 388 g/mol. The topological polar surface area (TPSA) is 100 Å². The van der Waals surface area contributed by atoms with Crippen LogP contribution in [0.1, 0.15) is 40.0 Å². The quantitative estimate of drug-likeness (QED) is 0.714. The van der Waals surface area contributed by atoms with E-state index in [0.29, 0.717) is 23.7 Å². The lowest BCUT2D eigenvalue weighted by Gasteiger charge is -2.24. The van der Waals surface area contributed by atoms with E-state index in [-0.39, 0.29) is 43.8 Å². The molecule has 28 heavy (non-hydrogen) atoms. The second-order valence-electron chi connectivity index (χ2n) is 6.99. The number of hydrogen-bond donors (Lipinski definition) is 2. The number of nitrogens with zero attached hydrogens (tertiary/aromatic N) is 2. The van der Waals surface area contributed by atoms with E-state index in [2.05, 4.69) is 15.7 Å². The summed E-state index contributed by atoms with van der Waals surface area (Å²) in [5.41, 5.74) is 0.919. The van der Waals surface area contributed by atoms with Crippen LogP contribution in [0.2, 0.25) is 0 Å². The van der Waals surface area contributed by atoms with Crippen molar-refractivity contribution < 1.29 is 19.1 Å². The van der Waals surface area contributed by atoms with Gasteiger partial charge in [-0.05, 0) is 31.4 Å². The Bertz CT molecular complexity index is 718. The molecule has 1 aromatic rings. The van der Waals surface area contributed by atoms with Gasteiger partial charge in [0.2, 0.25) is 5.91 Å². The number of amides is 3. The van der Waals surface area contributed by atoms with E-state index >= 15 is 0 Å². The van der Waals surface area contributed by atoms with E-state index in [0.717, 1.165) is 0 Å². The molecule has 1 heterocycles. The highest BCUT2D eigenvalue weighted by molar-refractivity contribution is 6.40. The Morgan fingerprint density at radius 1 is 1.21 bits per heavy atom. The first-order chi connectivity index (χ1) is 13.4. The van der Waals surface area contributed by atoms with Crippen LogP contribution in [0.3, 0.4) is 0 Å². The normalized spacial score (nSPS) is 15.1. The van der Waals surface area contributed by atoms with Crippen LogP contribution in [-0.2, 0) is 14.3 Å². The van der Waals surface area contributed by atoms with E-state index < -0.39 is 6.09 Å². The number of rotatable bonds is 8. The Morgan fingerprint density at radius 2 is 1.93 bits per heavy atom. The number of alkyl carbamates (subject to hydrolysis) is 1. The van der Waals surface area contributed by atoms with Crippen LogP contribution in [-0.4, -0.2) is 42.8 Å². The summed E-state index contributed by atoms with van der Waals surface area (Å²) >= 11 is 0. The minimum Gasteiger partial charge on any atom is -0.450 e. The zero-order valence-corrected chi connectivity index (χ0v) is 16.6. The van der Waals surface area contributed by atoms with Crippen LogP contribution in [0.25, 0.3) is 0 Å². The molecule has 0 bridgehead atoms. The molecule has 0 saturated heterocycles. The Hall–Kier alpha value is -2.90. The Kier molecular flexibility index (Phi) is 7.98. The molecule has 0 radical (unpaired) electrons. The first kappa shape index (κ1) is 21.4. The van der Waals surface area contributed by atoms with E-state index in [4.69, 9.17) is 4.74 Å². The largest absolute Gasteiger partial charge is 0.450 e.